The number of rotatable bonds is 3. The number of nitrogens with zero attached hydrogens (tertiary/aromatic N) is 1. The van der Waals surface area contributed by atoms with Crippen LogP contribution in [0.5, 0.6) is 0 Å². The highest BCUT2D eigenvalue weighted by Crippen LogP contribution is 2.25. The zero-order valence-corrected chi connectivity index (χ0v) is 14.8. The van der Waals surface area contributed by atoms with E-state index in [0.29, 0.717) is 12.1 Å². The van der Waals surface area contributed by atoms with E-state index < -0.39 is 11.8 Å². The Morgan fingerprint density at radius 3 is 2.12 bits per heavy atom. The molecule has 0 bridgehead atoms. The summed E-state index contributed by atoms with van der Waals surface area (Å²) >= 11 is 0. The van der Waals surface area contributed by atoms with Crippen molar-refractivity contribution in [1.29, 1.82) is 0 Å². The lowest BCUT2D eigenvalue weighted by Gasteiger charge is -2.17. The van der Waals surface area contributed by atoms with E-state index in [1.807, 2.05) is 50.2 Å². The van der Waals surface area contributed by atoms with E-state index in [0.717, 1.165) is 16.8 Å². The Hall–Kier alpha value is -3.15. The highest BCUT2D eigenvalue weighted by atomic mass is 16.2. The van der Waals surface area contributed by atoms with Crippen LogP contribution in [-0.2, 0) is 9.59 Å². The molecule has 1 aliphatic heterocycles. The number of nitrogens with one attached hydrogen (secondary N) is 2. The third-order valence-corrected chi connectivity index (χ3v) is 4.45. The minimum absolute atomic E-state index is 0.0983. The van der Waals surface area contributed by atoms with Gasteiger partial charge in [0.05, 0.1) is 5.92 Å². The Morgan fingerprint density at radius 1 is 0.923 bits per heavy atom. The Kier molecular flexibility index (Phi) is 5.02. The largest absolute Gasteiger partial charge is 0.312 e. The van der Waals surface area contributed by atoms with Gasteiger partial charge in [-0.25, -0.2) is 0 Å². The fourth-order valence-corrected chi connectivity index (χ4v) is 2.85. The Morgan fingerprint density at radius 2 is 1.50 bits per heavy atom. The number of carbonyl (C=O) groups is 3. The van der Waals surface area contributed by atoms with E-state index in [9.17, 15) is 14.4 Å². The van der Waals surface area contributed by atoms with Crippen molar-refractivity contribution in [1.82, 2.24) is 10.9 Å². The van der Waals surface area contributed by atoms with Gasteiger partial charge in [0.2, 0.25) is 11.8 Å². The average molecular weight is 351 g/mol. The van der Waals surface area contributed by atoms with Crippen molar-refractivity contribution < 1.29 is 14.4 Å². The van der Waals surface area contributed by atoms with Gasteiger partial charge in [-0.15, -0.1) is 0 Å². The van der Waals surface area contributed by atoms with Crippen molar-refractivity contribution in [2.45, 2.75) is 20.3 Å². The maximum absolute atomic E-state index is 12.3. The Labute approximate surface area is 152 Å². The van der Waals surface area contributed by atoms with Crippen LogP contribution in [0.3, 0.4) is 0 Å². The maximum atomic E-state index is 12.3. The summed E-state index contributed by atoms with van der Waals surface area (Å²) in [5, 5.41) is 0. The molecule has 2 aromatic carbocycles. The van der Waals surface area contributed by atoms with Crippen molar-refractivity contribution in [2.75, 3.05) is 11.4 Å². The van der Waals surface area contributed by atoms with Gasteiger partial charge >= 0.3 is 0 Å². The van der Waals surface area contributed by atoms with Gasteiger partial charge in [0, 0.05) is 24.2 Å². The average Bonchev–Trinajstić information content (AvgIpc) is 3.02. The fraction of sp³-hybridized carbons (Fsp3) is 0.250. The number of carbonyl (C=O) groups excluding carboxylic acids is 3. The number of hydrogen-bond acceptors (Lipinski definition) is 3. The second kappa shape index (κ2) is 7.39. The molecule has 134 valence electrons. The van der Waals surface area contributed by atoms with Gasteiger partial charge in [-0.05, 0) is 38.1 Å². The molecular formula is C20H21N3O3. The van der Waals surface area contributed by atoms with E-state index in [1.54, 1.807) is 17.0 Å². The first kappa shape index (κ1) is 17.7. The van der Waals surface area contributed by atoms with Gasteiger partial charge in [-0.3, -0.25) is 25.2 Å². The number of benzene rings is 2. The number of hydrogen-bond donors (Lipinski definition) is 2. The first-order valence-electron chi connectivity index (χ1n) is 8.48. The molecule has 0 unspecified atom stereocenters. The van der Waals surface area contributed by atoms with Crippen LogP contribution in [0.1, 0.15) is 27.9 Å². The molecule has 0 aromatic heterocycles. The van der Waals surface area contributed by atoms with Crippen LogP contribution in [0, 0.1) is 19.8 Å². The third kappa shape index (κ3) is 3.91. The number of hydrazine groups is 1. The SMILES string of the molecule is Cc1ccc(C(=O)NNC(=O)[C@H]2CC(=O)N(c3ccc(C)cc3)C2)cc1. The van der Waals surface area contributed by atoms with Gasteiger partial charge in [0.1, 0.15) is 0 Å². The van der Waals surface area contributed by atoms with Gasteiger partial charge in [0.15, 0.2) is 0 Å². The molecule has 3 rings (SSSR count). The van der Waals surface area contributed by atoms with Crippen molar-refractivity contribution in [3.63, 3.8) is 0 Å². The molecule has 2 N–H and O–H groups in total. The second-order valence-electron chi connectivity index (χ2n) is 6.55. The second-order valence-corrected chi connectivity index (χ2v) is 6.55. The van der Waals surface area contributed by atoms with Gasteiger partial charge < -0.3 is 4.90 Å². The van der Waals surface area contributed by atoms with Gasteiger partial charge in [0.25, 0.3) is 5.91 Å². The number of aryl methyl sites for hydroxylation is 2. The molecule has 0 aliphatic carbocycles. The first-order valence-corrected chi connectivity index (χ1v) is 8.48. The highest BCUT2D eigenvalue weighted by molar-refractivity contribution is 6.01. The molecular weight excluding hydrogens is 330 g/mol. The minimum Gasteiger partial charge on any atom is -0.312 e. The summed E-state index contributed by atoms with van der Waals surface area (Å²) in [4.78, 5) is 38.2. The molecule has 0 radical (unpaired) electrons. The Balaban J connectivity index is 1.57. The summed E-state index contributed by atoms with van der Waals surface area (Å²) in [5.41, 5.74) is 8.21. The molecule has 6 nitrogen and oxygen atoms in total. The molecule has 0 spiro atoms. The van der Waals surface area contributed by atoms with Crippen molar-refractivity contribution in [3.05, 3.63) is 65.2 Å². The quantitative estimate of drug-likeness (QED) is 0.832. The molecule has 2 aromatic rings. The summed E-state index contributed by atoms with van der Waals surface area (Å²) in [6.07, 6.45) is 0.125. The first-order chi connectivity index (χ1) is 12.4. The van der Waals surface area contributed by atoms with Crippen molar-refractivity contribution in [3.8, 4) is 0 Å². The molecule has 1 fully saturated rings. The van der Waals surface area contributed by atoms with Crippen LogP contribution < -0.4 is 15.8 Å². The van der Waals surface area contributed by atoms with Crippen LogP contribution >= 0.6 is 0 Å². The summed E-state index contributed by atoms with van der Waals surface area (Å²) in [6, 6.07) is 14.6. The highest BCUT2D eigenvalue weighted by Gasteiger charge is 2.35. The topological polar surface area (TPSA) is 78.5 Å². The maximum Gasteiger partial charge on any atom is 0.269 e. The molecule has 3 amide bonds. The zero-order chi connectivity index (χ0) is 18.7. The Bertz CT molecular complexity index is 828. The zero-order valence-electron chi connectivity index (χ0n) is 14.8. The van der Waals surface area contributed by atoms with Crippen molar-refractivity contribution >= 4 is 23.4 Å². The lowest BCUT2D eigenvalue weighted by molar-refractivity contribution is -0.126. The smallest absolute Gasteiger partial charge is 0.269 e. The minimum atomic E-state index is -0.498. The fourth-order valence-electron chi connectivity index (χ4n) is 2.85. The van der Waals surface area contributed by atoms with Gasteiger partial charge in [-0.2, -0.15) is 0 Å². The van der Waals surface area contributed by atoms with Crippen molar-refractivity contribution in [2.24, 2.45) is 5.92 Å². The predicted octanol–water partition coefficient (Wildman–Crippen LogP) is 2.12. The van der Waals surface area contributed by atoms with E-state index >= 15 is 0 Å². The van der Waals surface area contributed by atoms with Crippen LogP contribution in [-0.4, -0.2) is 24.3 Å². The molecule has 1 aliphatic rings. The number of amides is 3. The third-order valence-electron chi connectivity index (χ3n) is 4.45. The molecule has 1 atom stereocenters. The van der Waals surface area contributed by atoms with E-state index in [-0.39, 0.29) is 18.2 Å². The molecule has 1 saturated heterocycles. The summed E-state index contributed by atoms with van der Waals surface area (Å²) in [5.74, 6) is -1.35. The van der Waals surface area contributed by atoms with Crippen LogP contribution in [0.2, 0.25) is 0 Å². The predicted molar refractivity (Wildman–Crippen MR) is 98.4 cm³/mol. The number of anilines is 1. The molecule has 0 saturated carbocycles. The van der Waals surface area contributed by atoms with E-state index in [1.165, 1.54) is 0 Å². The lowest BCUT2D eigenvalue weighted by Crippen LogP contribution is -2.45. The molecule has 1 heterocycles. The van der Waals surface area contributed by atoms with E-state index in [4.69, 9.17) is 0 Å². The normalized spacial score (nSPS) is 16.5. The summed E-state index contributed by atoms with van der Waals surface area (Å²) in [7, 11) is 0. The monoisotopic (exact) mass is 351 g/mol. The standard InChI is InChI=1S/C20H21N3O3/c1-13-3-7-15(8-4-13)19(25)21-22-20(26)16-11-18(24)23(12-16)17-9-5-14(2)6-10-17/h3-10,16H,11-12H2,1-2H3,(H,21,25)(H,22,26)/t16-/m0/s1. The summed E-state index contributed by atoms with van der Waals surface area (Å²) in [6.45, 7) is 4.21. The lowest BCUT2D eigenvalue weighted by atomic mass is 10.1. The van der Waals surface area contributed by atoms with Crippen LogP contribution in [0.25, 0.3) is 0 Å². The molecule has 6 heteroatoms. The molecule has 26 heavy (non-hydrogen) atoms. The van der Waals surface area contributed by atoms with Crippen LogP contribution in [0.4, 0.5) is 5.69 Å². The van der Waals surface area contributed by atoms with E-state index in [2.05, 4.69) is 10.9 Å². The van der Waals surface area contributed by atoms with Gasteiger partial charge in [-0.1, -0.05) is 35.4 Å². The van der Waals surface area contributed by atoms with Crippen LogP contribution in [0.15, 0.2) is 48.5 Å². The summed E-state index contributed by atoms with van der Waals surface area (Å²) < 4.78 is 0.